The summed E-state index contributed by atoms with van der Waals surface area (Å²) in [5.74, 6) is -0.0981. The number of aryl methyl sites for hydroxylation is 3. The van der Waals surface area contributed by atoms with E-state index in [2.05, 4.69) is 0 Å². The SMILES string of the molecule is Cc1ccc(S(=O)(=O)[O-])cc1.Cn1c(=O)c2c(n(C)c1=O)[n+](C)cn2CC(=O)c1ccccc1. The molecule has 0 aliphatic carbocycles. The van der Waals surface area contributed by atoms with Crippen molar-refractivity contribution >= 4 is 27.1 Å². The van der Waals surface area contributed by atoms with Gasteiger partial charge in [-0.2, -0.15) is 0 Å². The van der Waals surface area contributed by atoms with E-state index in [-0.39, 0.29) is 17.2 Å². The average molecular weight is 485 g/mol. The van der Waals surface area contributed by atoms with Crippen molar-refractivity contribution in [3.05, 3.63) is 92.9 Å². The van der Waals surface area contributed by atoms with Crippen molar-refractivity contribution in [2.45, 2.75) is 18.4 Å². The van der Waals surface area contributed by atoms with Gasteiger partial charge >= 0.3 is 11.2 Å². The summed E-state index contributed by atoms with van der Waals surface area (Å²) >= 11 is 0. The normalized spacial score (nSPS) is 11.2. The van der Waals surface area contributed by atoms with Crippen LogP contribution in [0.25, 0.3) is 11.2 Å². The first-order chi connectivity index (χ1) is 15.9. The van der Waals surface area contributed by atoms with Gasteiger partial charge in [-0.1, -0.05) is 48.0 Å². The molecular weight excluding hydrogens is 460 g/mol. The molecule has 0 bridgehead atoms. The third kappa shape index (κ3) is 5.05. The Bertz CT molecular complexity index is 1580. The van der Waals surface area contributed by atoms with Crippen LogP contribution < -0.4 is 15.8 Å². The van der Waals surface area contributed by atoms with Crippen LogP contribution in [0.5, 0.6) is 0 Å². The number of ketones is 1. The number of fused-ring (bicyclic) bond motifs is 1. The van der Waals surface area contributed by atoms with E-state index in [1.807, 2.05) is 13.0 Å². The van der Waals surface area contributed by atoms with Crippen molar-refractivity contribution < 1.29 is 22.3 Å². The summed E-state index contributed by atoms with van der Waals surface area (Å²) in [7, 11) is 0.507. The molecule has 0 aliphatic rings. The Hall–Kier alpha value is -3.83. The number of Topliss-reactive ketones (excluding diaryl/α,β-unsaturated/α-hetero) is 1. The van der Waals surface area contributed by atoms with E-state index in [1.165, 1.54) is 23.7 Å². The third-order valence-electron chi connectivity index (χ3n) is 5.26. The van der Waals surface area contributed by atoms with Crippen LogP contribution in [0.3, 0.4) is 0 Å². The first-order valence-electron chi connectivity index (χ1n) is 10.2. The maximum Gasteiger partial charge on any atom is 0.388 e. The van der Waals surface area contributed by atoms with E-state index < -0.39 is 21.4 Å². The zero-order valence-electron chi connectivity index (χ0n) is 19.1. The molecule has 4 rings (SSSR count). The van der Waals surface area contributed by atoms with Gasteiger partial charge in [-0.3, -0.25) is 9.59 Å². The van der Waals surface area contributed by atoms with Crippen molar-refractivity contribution in [3.8, 4) is 0 Å². The summed E-state index contributed by atoms with van der Waals surface area (Å²) in [6.45, 7) is 1.86. The van der Waals surface area contributed by atoms with Crippen molar-refractivity contribution in [1.29, 1.82) is 0 Å². The van der Waals surface area contributed by atoms with Gasteiger partial charge in [0.1, 0.15) is 16.7 Å². The van der Waals surface area contributed by atoms with Crippen molar-refractivity contribution in [2.24, 2.45) is 21.1 Å². The molecule has 34 heavy (non-hydrogen) atoms. The summed E-state index contributed by atoms with van der Waals surface area (Å²) in [5.41, 5.74) is 1.52. The Morgan fingerprint density at radius 3 is 2.12 bits per heavy atom. The molecule has 178 valence electrons. The molecule has 2 aromatic heterocycles. The Kier molecular flexibility index (Phi) is 6.99. The van der Waals surface area contributed by atoms with Crippen LogP contribution in [-0.4, -0.2) is 32.5 Å². The minimum absolute atomic E-state index is 0.0365. The number of aromatic nitrogens is 4. The van der Waals surface area contributed by atoms with Gasteiger partial charge in [0, 0.05) is 12.6 Å². The number of carbonyl (C=O) groups is 1. The molecule has 2 heterocycles. The van der Waals surface area contributed by atoms with Crippen molar-refractivity contribution in [2.75, 3.05) is 0 Å². The molecule has 0 atom stereocenters. The lowest BCUT2D eigenvalue weighted by atomic mass is 10.1. The fourth-order valence-electron chi connectivity index (χ4n) is 3.49. The molecule has 0 radical (unpaired) electrons. The maximum atomic E-state index is 12.5. The Labute approximate surface area is 195 Å². The lowest BCUT2D eigenvalue weighted by molar-refractivity contribution is -0.648. The largest absolute Gasteiger partial charge is 0.744 e. The van der Waals surface area contributed by atoms with E-state index >= 15 is 0 Å². The molecule has 0 aliphatic heterocycles. The number of nitrogens with zero attached hydrogens (tertiary/aromatic N) is 4. The fourth-order valence-corrected chi connectivity index (χ4v) is 3.96. The van der Waals surface area contributed by atoms with Crippen LogP contribution in [0.15, 0.2) is 75.4 Å². The Morgan fingerprint density at radius 1 is 0.971 bits per heavy atom. The fraction of sp³-hybridized carbons (Fsp3) is 0.217. The van der Waals surface area contributed by atoms with E-state index in [1.54, 1.807) is 66.0 Å². The first kappa shape index (κ1) is 24.8. The van der Waals surface area contributed by atoms with Crippen molar-refractivity contribution in [1.82, 2.24) is 13.7 Å². The van der Waals surface area contributed by atoms with Gasteiger partial charge in [-0.15, -0.1) is 0 Å². The molecule has 2 aromatic carbocycles. The molecule has 0 unspecified atom stereocenters. The molecule has 0 saturated carbocycles. The minimum Gasteiger partial charge on any atom is -0.744 e. The van der Waals surface area contributed by atoms with Crippen LogP contribution >= 0.6 is 0 Å². The highest BCUT2D eigenvalue weighted by Crippen LogP contribution is 2.09. The molecule has 0 saturated heterocycles. The second kappa shape index (κ2) is 9.57. The number of hydrogen-bond donors (Lipinski definition) is 0. The van der Waals surface area contributed by atoms with Gasteiger partial charge in [-0.05, 0) is 19.1 Å². The monoisotopic (exact) mass is 484 g/mol. The highest BCUT2D eigenvalue weighted by Gasteiger charge is 2.24. The number of rotatable bonds is 4. The molecule has 0 amide bonds. The summed E-state index contributed by atoms with van der Waals surface area (Å²) in [5, 5.41) is 0. The highest BCUT2D eigenvalue weighted by molar-refractivity contribution is 7.85. The predicted molar refractivity (Wildman–Crippen MR) is 124 cm³/mol. The van der Waals surface area contributed by atoms with Gasteiger partial charge in [0.15, 0.2) is 12.1 Å². The van der Waals surface area contributed by atoms with Gasteiger partial charge < -0.3 is 4.55 Å². The van der Waals surface area contributed by atoms with Gasteiger partial charge in [0.2, 0.25) is 5.52 Å². The Balaban J connectivity index is 0.000000248. The summed E-state index contributed by atoms with van der Waals surface area (Å²) in [4.78, 5) is 36.7. The molecule has 4 aromatic rings. The number of benzene rings is 2. The second-order valence-corrected chi connectivity index (χ2v) is 9.17. The van der Waals surface area contributed by atoms with E-state index in [0.717, 1.165) is 10.1 Å². The van der Waals surface area contributed by atoms with E-state index in [4.69, 9.17) is 0 Å². The van der Waals surface area contributed by atoms with Gasteiger partial charge in [-0.25, -0.2) is 31.5 Å². The van der Waals surface area contributed by atoms with Crippen LogP contribution in [0.4, 0.5) is 0 Å². The standard InChI is InChI=1S/C16H17N4O3.C7H8O3S/c1-17-10-20(9-12(21)11-7-5-4-6-8-11)13-14(17)18(2)16(23)19(3)15(13)22;1-6-2-4-7(5-3-6)11(8,9)10/h4-8,10H,9H2,1-3H3;2-5H,1H3,(H,8,9,10)/q+1;/p-1. The molecule has 0 spiro atoms. The van der Waals surface area contributed by atoms with Gasteiger partial charge in [0.05, 0.1) is 19.0 Å². The average Bonchev–Trinajstić information content (AvgIpc) is 3.12. The van der Waals surface area contributed by atoms with Gasteiger partial charge in [0.25, 0.3) is 5.65 Å². The summed E-state index contributed by atoms with van der Waals surface area (Å²) < 4.78 is 36.9. The smallest absolute Gasteiger partial charge is 0.388 e. The lowest BCUT2D eigenvalue weighted by Gasteiger charge is -2.05. The highest BCUT2D eigenvalue weighted by atomic mass is 32.2. The molecule has 11 heteroatoms. The topological polar surface area (TPSA) is 127 Å². The first-order valence-corrected chi connectivity index (χ1v) is 11.6. The van der Waals surface area contributed by atoms with Crippen LogP contribution in [0.1, 0.15) is 15.9 Å². The maximum absolute atomic E-state index is 12.5. The third-order valence-corrected chi connectivity index (χ3v) is 6.11. The minimum atomic E-state index is -4.27. The zero-order chi connectivity index (χ0) is 25.2. The number of hydrogen-bond acceptors (Lipinski definition) is 6. The predicted octanol–water partition coefficient (Wildman–Crippen LogP) is 0.645. The summed E-state index contributed by atoms with van der Waals surface area (Å²) in [6, 6.07) is 14.7. The quantitative estimate of drug-likeness (QED) is 0.238. The van der Waals surface area contributed by atoms with Crippen molar-refractivity contribution in [3.63, 3.8) is 0 Å². The zero-order valence-corrected chi connectivity index (χ0v) is 19.9. The van der Waals surface area contributed by atoms with E-state index in [9.17, 15) is 27.4 Å². The molecule has 0 fully saturated rings. The molecular formula is C23H24N4O6S. The number of carbonyl (C=O) groups excluding carboxylic acids is 1. The molecule has 10 nitrogen and oxygen atoms in total. The lowest BCUT2D eigenvalue weighted by Crippen LogP contribution is -2.41. The summed E-state index contributed by atoms with van der Waals surface area (Å²) in [6.07, 6.45) is 1.66. The van der Waals surface area contributed by atoms with E-state index in [0.29, 0.717) is 16.7 Å². The van der Waals surface area contributed by atoms with Crippen LogP contribution in [0.2, 0.25) is 0 Å². The molecule has 0 N–H and O–H groups in total. The van der Waals surface area contributed by atoms with Crippen LogP contribution in [-0.2, 0) is 37.8 Å². The number of imidazole rings is 1. The Morgan fingerprint density at radius 2 is 1.56 bits per heavy atom. The second-order valence-electron chi connectivity index (χ2n) is 7.79. The van der Waals surface area contributed by atoms with Crippen LogP contribution in [0, 0.1) is 6.92 Å².